The third-order valence-electron chi connectivity index (χ3n) is 7.19. The van der Waals surface area contributed by atoms with Crippen molar-refractivity contribution in [2.24, 2.45) is 0 Å². The zero-order valence-corrected chi connectivity index (χ0v) is 24.9. The molecule has 2 saturated heterocycles. The lowest BCUT2D eigenvalue weighted by Gasteiger charge is -2.41. The molecular formula is C23H41N4O14PS. The van der Waals surface area contributed by atoms with Crippen LogP contribution in [-0.4, -0.2) is 146 Å². The van der Waals surface area contributed by atoms with Gasteiger partial charge in [-0.1, -0.05) is 6.42 Å². The number of phosphoric acid groups is 1. The molecule has 9 atom stereocenters. The van der Waals surface area contributed by atoms with Crippen LogP contribution in [0.4, 0.5) is 9.59 Å². The van der Waals surface area contributed by atoms with E-state index in [1.165, 1.54) is 0 Å². The van der Waals surface area contributed by atoms with E-state index < -0.39 is 69.9 Å². The highest BCUT2D eigenvalue weighted by Gasteiger charge is 2.51. The van der Waals surface area contributed by atoms with E-state index in [-0.39, 0.29) is 30.6 Å². The molecule has 20 heteroatoms. The van der Waals surface area contributed by atoms with E-state index in [1.807, 2.05) is 11.8 Å². The number of hydrogen-bond acceptors (Lipinski definition) is 14. The number of alkyl carbamates (subject to hydrolysis) is 1. The van der Waals surface area contributed by atoms with Crippen LogP contribution in [0.5, 0.6) is 0 Å². The number of urea groups is 1. The molecule has 0 spiro atoms. The quantitative estimate of drug-likeness (QED) is 0.0438. The maximum absolute atomic E-state index is 12.1. The molecule has 3 fully saturated rings. The molecule has 3 rings (SSSR count). The molecule has 0 aromatic rings. The summed E-state index contributed by atoms with van der Waals surface area (Å²) in [6.07, 6.45) is -11.2. The minimum atomic E-state index is -5.06. The summed E-state index contributed by atoms with van der Waals surface area (Å²) in [4.78, 5) is 45.0. The number of ether oxygens (including phenoxy) is 1. The smallest absolute Gasteiger partial charge is 0.447 e. The van der Waals surface area contributed by atoms with Gasteiger partial charge in [-0.05, 0) is 19.3 Å². The van der Waals surface area contributed by atoms with Gasteiger partial charge in [-0.3, -0.25) is 13.8 Å². The first-order valence-corrected chi connectivity index (χ1v) is 16.4. The number of nitrogens with one attached hydrogen (secondary N) is 4. The van der Waals surface area contributed by atoms with Gasteiger partial charge in [0.05, 0.1) is 18.7 Å². The SMILES string of the molecule is O=C(CCCCC1SCC2NC(=O)NC21)NCCCNC(=O)OCC(O)COP(=O)(O)OC1C(O)C(O)C(O)C(O)C1O. The summed E-state index contributed by atoms with van der Waals surface area (Å²) in [5, 5.41) is 69.8. The maximum Gasteiger partial charge on any atom is 0.472 e. The fourth-order valence-electron chi connectivity index (χ4n) is 4.83. The van der Waals surface area contributed by atoms with Crippen molar-refractivity contribution < 1.29 is 68.3 Å². The number of aliphatic hydroxyl groups excluding tert-OH is 6. The first-order chi connectivity index (χ1) is 20.3. The van der Waals surface area contributed by atoms with Crippen molar-refractivity contribution in [2.45, 2.75) is 92.2 Å². The van der Waals surface area contributed by atoms with Crippen molar-refractivity contribution in [1.29, 1.82) is 0 Å². The van der Waals surface area contributed by atoms with Crippen molar-refractivity contribution in [3.8, 4) is 0 Å². The number of carbonyl (C=O) groups is 3. The molecule has 43 heavy (non-hydrogen) atoms. The summed E-state index contributed by atoms with van der Waals surface area (Å²) in [6, 6.07) is 0.194. The van der Waals surface area contributed by atoms with Crippen molar-refractivity contribution in [1.82, 2.24) is 21.3 Å². The highest BCUT2D eigenvalue weighted by molar-refractivity contribution is 8.00. The molecule has 0 bridgehead atoms. The number of aliphatic hydroxyl groups is 6. The maximum atomic E-state index is 12.1. The Morgan fingerprint density at radius 3 is 2.30 bits per heavy atom. The molecule has 0 aromatic carbocycles. The van der Waals surface area contributed by atoms with Gasteiger partial charge in [-0.15, -0.1) is 0 Å². The number of phosphoric ester groups is 1. The third-order valence-corrected chi connectivity index (χ3v) is 9.68. The highest BCUT2D eigenvalue weighted by Crippen LogP contribution is 2.47. The van der Waals surface area contributed by atoms with Crippen LogP contribution < -0.4 is 21.3 Å². The van der Waals surface area contributed by atoms with Crippen LogP contribution in [0.15, 0.2) is 0 Å². The Kier molecular flexibility index (Phi) is 13.7. The zero-order valence-electron chi connectivity index (χ0n) is 23.2. The Balaban J connectivity index is 1.19. The molecule has 9 unspecified atom stereocenters. The van der Waals surface area contributed by atoms with Crippen LogP contribution in [0.3, 0.4) is 0 Å². The average Bonchev–Trinajstić information content (AvgIpc) is 3.52. The molecule has 1 saturated carbocycles. The molecule has 248 valence electrons. The molecule has 0 aromatic heterocycles. The highest BCUT2D eigenvalue weighted by atomic mass is 32.2. The Labute approximate surface area is 251 Å². The summed E-state index contributed by atoms with van der Waals surface area (Å²) >= 11 is 1.83. The van der Waals surface area contributed by atoms with Gasteiger partial charge in [0.2, 0.25) is 5.91 Å². The van der Waals surface area contributed by atoms with E-state index in [4.69, 9.17) is 4.74 Å². The molecule has 2 heterocycles. The van der Waals surface area contributed by atoms with Crippen LogP contribution in [-0.2, 0) is 23.1 Å². The van der Waals surface area contributed by atoms with Gasteiger partial charge >= 0.3 is 19.9 Å². The van der Waals surface area contributed by atoms with Gasteiger partial charge < -0.3 is 61.5 Å². The number of hydrogen-bond donors (Lipinski definition) is 11. The van der Waals surface area contributed by atoms with E-state index in [0.29, 0.717) is 24.6 Å². The zero-order chi connectivity index (χ0) is 31.7. The fourth-order valence-corrected chi connectivity index (χ4v) is 7.35. The predicted molar refractivity (Wildman–Crippen MR) is 148 cm³/mol. The summed E-state index contributed by atoms with van der Waals surface area (Å²) in [5.74, 6) is 0.779. The first-order valence-electron chi connectivity index (χ1n) is 13.9. The second-order valence-corrected chi connectivity index (χ2v) is 13.2. The van der Waals surface area contributed by atoms with Crippen LogP contribution >= 0.6 is 19.6 Å². The monoisotopic (exact) mass is 660 g/mol. The van der Waals surface area contributed by atoms with E-state index in [0.717, 1.165) is 25.0 Å². The molecule has 3 aliphatic rings. The number of rotatable bonds is 16. The second-order valence-electron chi connectivity index (χ2n) is 10.5. The Morgan fingerprint density at radius 1 is 0.953 bits per heavy atom. The van der Waals surface area contributed by atoms with Crippen LogP contribution in [0.1, 0.15) is 32.1 Å². The van der Waals surface area contributed by atoms with Gasteiger partial charge in [-0.25, -0.2) is 14.2 Å². The largest absolute Gasteiger partial charge is 0.472 e. The molecule has 0 radical (unpaired) electrons. The minimum Gasteiger partial charge on any atom is -0.447 e. The lowest BCUT2D eigenvalue weighted by molar-refractivity contribution is -0.220. The van der Waals surface area contributed by atoms with Crippen LogP contribution in [0, 0.1) is 0 Å². The number of carbonyl (C=O) groups excluding carboxylic acids is 3. The van der Waals surface area contributed by atoms with Crippen LogP contribution in [0.25, 0.3) is 0 Å². The van der Waals surface area contributed by atoms with Gasteiger partial charge in [-0.2, -0.15) is 11.8 Å². The molecule has 18 nitrogen and oxygen atoms in total. The number of amides is 4. The molecule has 4 amide bonds. The lowest BCUT2D eigenvalue weighted by Crippen LogP contribution is -2.64. The van der Waals surface area contributed by atoms with E-state index in [9.17, 15) is 54.5 Å². The molecular weight excluding hydrogens is 619 g/mol. The normalized spacial score (nSPS) is 33.9. The predicted octanol–water partition coefficient (Wildman–Crippen LogP) is -3.37. The Morgan fingerprint density at radius 2 is 1.60 bits per heavy atom. The summed E-state index contributed by atoms with van der Waals surface area (Å²) in [6.45, 7) is -1.03. The van der Waals surface area contributed by atoms with Crippen molar-refractivity contribution in [3.63, 3.8) is 0 Å². The summed E-state index contributed by atoms with van der Waals surface area (Å²) in [7, 11) is -5.06. The Hall–Kier alpha value is -1.77. The lowest BCUT2D eigenvalue weighted by atomic mass is 9.85. The van der Waals surface area contributed by atoms with Crippen LogP contribution in [0.2, 0.25) is 0 Å². The number of fused-ring (bicyclic) bond motifs is 1. The first kappa shape index (κ1) is 35.7. The molecule has 2 aliphatic heterocycles. The number of thioether (sulfide) groups is 1. The number of unbranched alkanes of at least 4 members (excludes halogenated alkanes) is 1. The van der Waals surface area contributed by atoms with Crippen molar-refractivity contribution in [2.75, 3.05) is 32.1 Å². The average molecular weight is 661 g/mol. The molecule has 11 N–H and O–H groups in total. The Bertz CT molecular complexity index is 984. The standard InChI is InChI=1S/C23H41N4O14PS/c28-11(9-40-42(37,38)41-21-19(33)17(31)16(30)18(32)20(21)34)8-39-23(36)25-7-3-6-24-14(29)5-2-1-4-13-15-12(10-43-13)26-22(35)27-15/h11-13,15-21,28,30-34H,1-10H2,(H,24,29)(H,25,36)(H,37,38)(H2,26,27,35). The topological polar surface area (TPSA) is 286 Å². The van der Waals surface area contributed by atoms with Gasteiger partial charge in [0, 0.05) is 30.5 Å². The van der Waals surface area contributed by atoms with E-state index in [2.05, 4.69) is 30.3 Å². The van der Waals surface area contributed by atoms with E-state index in [1.54, 1.807) is 0 Å². The fraction of sp³-hybridized carbons (Fsp3) is 0.870. The second kappa shape index (κ2) is 16.5. The summed E-state index contributed by atoms with van der Waals surface area (Å²) < 4.78 is 26.1. The minimum absolute atomic E-state index is 0.110. The van der Waals surface area contributed by atoms with Gasteiger partial charge in [0.25, 0.3) is 0 Å². The molecule has 1 aliphatic carbocycles. The van der Waals surface area contributed by atoms with Crippen molar-refractivity contribution >= 4 is 37.6 Å². The van der Waals surface area contributed by atoms with Gasteiger partial charge in [0.1, 0.15) is 49.3 Å². The third kappa shape index (κ3) is 10.7. The van der Waals surface area contributed by atoms with Crippen molar-refractivity contribution in [3.05, 3.63) is 0 Å². The summed E-state index contributed by atoms with van der Waals surface area (Å²) in [5.41, 5.74) is 0. The van der Waals surface area contributed by atoms with Gasteiger partial charge in [0.15, 0.2) is 0 Å². The van der Waals surface area contributed by atoms with E-state index >= 15 is 0 Å².